The van der Waals surface area contributed by atoms with E-state index in [1.54, 1.807) is 0 Å². The third-order valence-electron chi connectivity index (χ3n) is 4.55. The Labute approximate surface area is 156 Å². The summed E-state index contributed by atoms with van der Waals surface area (Å²) in [4.78, 5) is 2.19. The van der Waals surface area contributed by atoms with E-state index < -0.39 is 0 Å². The highest BCUT2D eigenvalue weighted by molar-refractivity contribution is 5.87. The smallest absolute Gasteiger partial charge is 0.124 e. The SMILES string of the molecule is Cc1ccc(COc2ccc3ccccc3c2CNCCN(C)C)cc1. The van der Waals surface area contributed by atoms with Crippen LogP contribution in [0.5, 0.6) is 5.75 Å². The topological polar surface area (TPSA) is 24.5 Å². The zero-order valence-corrected chi connectivity index (χ0v) is 16.0. The molecule has 3 aromatic carbocycles. The highest BCUT2D eigenvalue weighted by Crippen LogP contribution is 2.28. The number of nitrogens with one attached hydrogen (secondary N) is 1. The van der Waals surface area contributed by atoms with Gasteiger partial charge in [-0.1, -0.05) is 60.2 Å². The van der Waals surface area contributed by atoms with Crippen molar-refractivity contribution in [3.05, 3.63) is 77.4 Å². The average molecular weight is 348 g/mol. The molecule has 0 atom stereocenters. The highest BCUT2D eigenvalue weighted by Gasteiger charge is 2.09. The van der Waals surface area contributed by atoms with E-state index in [-0.39, 0.29) is 0 Å². The molecule has 0 aliphatic carbocycles. The summed E-state index contributed by atoms with van der Waals surface area (Å²) in [6.45, 7) is 5.46. The Morgan fingerprint density at radius 2 is 1.69 bits per heavy atom. The number of likely N-dealkylation sites (N-methyl/N-ethyl adjacent to an activating group) is 1. The molecular formula is C23H28N2O. The first kappa shape index (κ1) is 18.4. The van der Waals surface area contributed by atoms with Crippen molar-refractivity contribution in [2.75, 3.05) is 27.2 Å². The lowest BCUT2D eigenvalue weighted by Gasteiger charge is -2.16. The predicted molar refractivity (Wildman–Crippen MR) is 110 cm³/mol. The van der Waals surface area contributed by atoms with Crippen LogP contribution in [-0.2, 0) is 13.2 Å². The number of hydrogen-bond acceptors (Lipinski definition) is 3. The molecule has 0 heterocycles. The van der Waals surface area contributed by atoms with Gasteiger partial charge < -0.3 is 15.0 Å². The molecule has 3 heteroatoms. The first-order valence-electron chi connectivity index (χ1n) is 9.18. The molecule has 3 rings (SSSR count). The van der Waals surface area contributed by atoms with Crippen LogP contribution in [0.25, 0.3) is 10.8 Å². The molecule has 1 N–H and O–H groups in total. The number of aryl methyl sites for hydroxylation is 1. The van der Waals surface area contributed by atoms with Crippen LogP contribution in [-0.4, -0.2) is 32.1 Å². The van der Waals surface area contributed by atoms with Crippen LogP contribution in [0.15, 0.2) is 60.7 Å². The molecule has 0 amide bonds. The van der Waals surface area contributed by atoms with Gasteiger partial charge >= 0.3 is 0 Å². The van der Waals surface area contributed by atoms with E-state index in [1.807, 2.05) is 0 Å². The number of rotatable bonds is 8. The Morgan fingerprint density at radius 1 is 0.923 bits per heavy atom. The standard InChI is InChI=1S/C23H28N2O/c1-18-8-10-19(11-9-18)17-26-23-13-12-20-6-4-5-7-21(20)22(23)16-24-14-15-25(2)3/h4-13,24H,14-17H2,1-3H3. The molecule has 26 heavy (non-hydrogen) atoms. The van der Waals surface area contributed by atoms with E-state index in [0.29, 0.717) is 6.61 Å². The summed E-state index contributed by atoms with van der Waals surface area (Å²) in [6, 6.07) is 21.3. The Bertz CT molecular complexity index is 840. The molecule has 0 spiro atoms. The van der Waals surface area contributed by atoms with Gasteiger partial charge in [0, 0.05) is 25.2 Å². The number of nitrogens with zero attached hydrogens (tertiary/aromatic N) is 1. The highest BCUT2D eigenvalue weighted by atomic mass is 16.5. The van der Waals surface area contributed by atoms with Crippen molar-refractivity contribution in [1.29, 1.82) is 0 Å². The van der Waals surface area contributed by atoms with Crippen LogP contribution < -0.4 is 10.1 Å². The Hall–Kier alpha value is -2.36. The summed E-state index contributed by atoms with van der Waals surface area (Å²) in [5.74, 6) is 0.960. The maximum absolute atomic E-state index is 6.20. The quantitative estimate of drug-likeness (QED) is 0.612. The molecule has 0 radical (unpaired) electrons. The summed E-state index contributed by atoms with van der Waals surface area (Å²) in [6.07, 6.45) is 0. The fourth-order valence-electron chi connectivity index (χ4n) is 2.99. The van der Waals surface area contributed by atoms with Gasteiger partial charge in [0.1, 0.15) is 12.4 Å². The summed E-state index contributed by atoms with van der Waals surface area (Å²) < 4.78 is 6.20. The molecule has 0 unspecified atom stereocenters. The molecule has 3 aromatic rings. The van der Waals surface area contributed by atoms with Gasteiger partial charge in [-0.3, -0.25) is 0 Å². The van der Waals surface area contributed by atoms with Crippen LogP contribution in [0.1, 0.15) is 16.7 Å². The van der Waals surface area contributed by atoms with Crippen molar-refractivity contribution < 1.29 is 4.74 Å². The minimum atomic E-state index is 0.587. The van der Waals surface area contributed by atoms with Crippen molar-refractivity contribution in [1.82, 2.24) is 10.2 Å². The van der Waals surface area contributed by atoms with Crippen molar-refractivity contribution in [2.45, 2.75) is 20.1 Å². The van der Waals surface area contributed by atoms with E-state index >= 15 is 0 Å². The summed E-state index contributed by atoms with van der Waals surface area (Å²) in [5.41, 5.74) is 3.69. The molecule has 0 saturated carbocycles. The van der Waals surface area contributed by atoms with Crippen LogP contribution in [0, 0.1) is 6.92 Å². The number of benzene rings is 3. The van der Waals surface area contributed by atoms with E-state index in [9.17, 15) is 0 Å². The third kappa shape index (κ3) is 4.84. The second-order valence-corrected chi connectivity index (χ2v) is 7.02. The largest absolute Gasteiger partial charge is 0.489 e. The van der Waals surface area contributed by atoms with Crippen LogP contribution in [0.3, 0.4) is 0 Å². The first-order chi connectivity index (χ1) is 12.6. The maximum Gasteiger partial charge on any atom is 0.124 e. The minimum Gasteiger partial charge on any atom is -0.489 e. The van der Waals surface area contributed by atoms with Crippen molar-refractivity contribution in [2.24, 2.45) is 0 Å². The van der Waals surface area contributed by atoms with Gasteiger partial charge in [0.2, 0.25) is 0 Å². The van der Waals surface area contributed by atoms with Gasteiger partial charge in [0.05, 0.1) is 0 Å². The van der Waals surface area contributed by atoms with E-state index in [0.717, 1.165) is 25.4 Å². The fraction of sp³-hybridized carbons (Fsp3) is 0.304. The number of ether oxygens (including phenoxy) is 1. The molecular weight excluding hydrogens is 320 g/mol. The average Bonchev–Trinajstić information content (AvgIpc) is 2.65. The molecule has 0 aliphatic rings. The molecule has 136 valence electrons. The summed E-state index contributed by atoms with van der Waals surface area (Å²) >= 11 is 0. The first-order valence-corrected chi connectivity index (χ1v) is 9.18. The molecule has 0 aromatic heterocycles. The zero-order chi connectivity index (χ0) is 18.4. The summed E-state index contributed by atoms with van der Waals surface area (Å²) in [5, 5.41) is 6.05. The fourth-order valence-corrected chi connectivity index (χ4v) is 2.99. The monoisotopic (exact) mass is 348 g/mol. The van der Waals surface area contributed by atoms with Gasteiger partial charge in [-0.25, -0.2) is 0 Å². The molecule has 0 bridgehead atoms. The van der Waals surface area contributed by atoms with Crippen molar-refractivity contribution in [3.8, 4) is 5.75 Å². The van der Waals surface area contributed by atoms with E-state index in [2.05, 4.69) is 91.9 Å². The third-order valence-corrected chi connectivity index (χ3v) is 4.55. The number of fused-ring (bicyclic) bond motifs is 1. The van der Waals surface area contributed by atoms with Gasteiger partial charge in [0.25, 0.3) is 0 Å². The van der Waals surface area contributed by atoms with Crippen LogP contribution in [0.4, 0.5) is 0 Å². The molecule has 3 nitrogen and oxygen atoms in total. The van der Waals surface area contributed by atoms with E-state index in [1.165, 1.54) is 27.5 Å². The normalized spacial score (nSPS) is 11.2. The summed E-state index contributed by atoms with van der Waals surface area (Å²) in [7, 11) is 4.19. The molecule has 0 saturated heterocycles. The Balaban J connectivity index is 1.78. The van der Waals surface area contributed by atoms with Gasteiger partial charge in [-0.05, 0) is 43.4 Å². The Morgan fingerprint density at radius 3 is 2.46 bits per heavy atom. The molecule has 0 fully saturated rings. The Kier molecular flexibility index (Phi) is 6.26. The lowest BCUT2D eigenvalue weighted by Crippen LogP contribution is -2.26. The van der Waals surface area contributed by atoms with Gasteiger partial charge in [-0.15, -0.1) is 0 Å². The minimum absolute atomic E-state index is 0.587. The van der Waals surface area contributed by atoms with Crippen LogP contribution in [0.2, 0.25) is 0 Å². The van der Waals surface area contributed by atoms with Gasteiger partial charge in [0.15, 0.2) is 0 Å². The zero-order valence-electron chi connectivity index (χ0n) is 16.0. The van der Waals surface area contributed by atoms with Gasteiger partial charge in [-0.2, -0.15) is 0 Å². The molecule has 0 aliphatic heterocycles. The second-order valence-electron chi connectivity index (χ2n) is 7.02. The van der Waals surface area contributed by atoms with Crippen molar-refractivity contribution in [3.63, 3.8) is 0 Å². The number of hydrogen-bond donors (Lipinski definition) is 1. The maximum atomic E-state index is 6.20. The van der Waals surface area contributed by atoms with Crippen LogP contribution >= 0.6 is 0 Å². The second kappa shape index (κ2) is 8.84. The predicted octanol–water partition coefficient (Wildman–Crippen LogP) is 4.38. The lowest BCUT2D eigenvalue weighted by atomic mass is 10.0. The lowest BCUT2D eigenvalue weighted by molar-refractivity contribution is 0.302. The van der Waals surface area contributed by atoms with E-state index in [4.69, 9.17) is 4.74 Å². The van der Waals surface area contributed by atoms with Crippen molar-refractivity contribution >= 4 is 10.8 Å².